The molecular weight excluding hydrogens is 213 g/mol. The first kappa shape index (κ1) is 14.2. The molecule has 7 heteroatoms. The molecule has 2 atom stereocenters. The number of amides is 1. The lowest BCUT2D eigenvalue weighted by molar-refractivity contribution is -0.141. The van der Waals surface area contributed by atoms with Crippen LogP contribution >= 0.6 is 0 Å². The quantitative estimate of drug-likeness (QED) is 0.692. The van der Waals surface area contributed by atoms with Crippen molar-refractivity contribution in [1.29, 1.82) is 0 Å². The van der Waals surface area contributed by atoms with Gasteiger partial charge in [-0.1, -0.05) is 0 Å². The fourth-order valence-electron chi connectivity index (χ4n) is 1.13. The topological polar surface area (TPSA) is 64.3 Å². The molecule has 2 unspecified atom stereocenters. The van der Waals surface area contributed by atoms with E-state index in [1.807, 2.05) is 0 Å². The van der Waals surface area contributed by atoms with Crippen LogP contribution in [-0.2, 0) is 9.53 Å². The average Bonchev–Trinajstić information content (AvgIpc) is 1.99. The molecule has 3 N–H and O–H groups in total. The second-order valence-electron chi connectivity index (χ2n) is 3.30. The highest BCUT2D eigenvalue weighted by atomic mass is 19.4. The zero-order chi connectivity index (χ0) is 12.1. The van der Waals surface area contributed by atoms with Crippen molar-refractivity contribution in [1.82, 2.24) is 5.32 Å². The maximum Gasteiger partial charge on any atom is 0.390 e. The van der Waals surface area contributed by atoms with Crippen LogP contribution in [0, 0.1) is 0 Å². The molecule has 0 saturated heterocycles. The predicted octanol–water partition coefficient (Wildman–Crippen LogP) is 0.417. The number of hydrogen-bond donors (Lipinski definition) is 2. The molecule has 0 aliphatic rings. The number of halogens is 3. The van der Waals surface area contributed by atoms with Gasteiger partial charge in [0.15, 0.2) is 0 Å². The third kappa shape index (κ3) is 7.15. The predicted molar refractivity (Wildman–Crippen MR) is 48.1 cm³/mol. The number of ether oxygens (including phenoxy) is 1. The molecule has 4 nitrogen and oxygen atoms in total. The van der Waals surface area contributed by atoms with E-state index in [1.165, 1.54) is 14.0 Å². The van der Waals surface area contributed by atoms with Gasteiger partial charge in [-0.15, -0.1) is 0 Å². The van der Waals surface area contributed by atoms with E-state index in [4.69, 9.17) is 5.73 Å². The van der Waals surface area contributed by atoms with E-state index in [2.05, 4.69) is 10.1 Å². The second-order valence-corrected chi connectivity index (χ2v) is 3.30. The summed E-state index contributed by atoms with van der Waals surface area (Å²) in [6.07, 6.45) is -5.28. The van der Waals surface area contributed by atoms with Crippen LogP contribution in [0.2, 0.25) is 0 Å². The van der Waals surface area contributed by atoms with Crippen molar-refractivity contribution in [2.75, 3.05) is 13.7 Å². The van der Waals surface area contributed by atoms with E-state index in [9.17, 15) is 18.0 Å². The number of carbonyl (C=O) groups excluding carboxylic acids is 1. The lowest BCUT2D eigenvalue weighted by atomic mass is 10.2. The average molecular weight is 228 g/mol. The molecule has 0 aliphatic carbocycles. The largest absolute Gasteiger partial charge is 0.390 e. The van der Waals surface area contributed by atoms with Crippen molar-refractivity contribution >= 4 is 5.91 Å². The number of nitrogens with two attached hydrogens (primary N) is 1. The summed E-state index contributed by atoms with van der Waals surface area (Å²) in [7, 11) is 1.34. The first-order valence-electron chi connectivity index (χ1n) is 4.37. The van der Waals surface area contributed by atoms with Crippen molar-refractivity contribution in [3.05, 3.63) is 0 Å². The highest BCUT2D eigenvalue weighted by molar-refractivity contribution is 5.80. The number of hydrogen-bond acceptors (Lipinski definition) is 3. The Morgan fingerprint density at radius 1 is 1.53 bits per heavy atom. The smallest absolute Gasteiger partial charge is 0.383 e. The van der Waals surface area contributed by atoms with Gasteiger partial charge in [-0.25, -0.2) is 0 Å². The molecule has 0 saturated carbocycles. The van der Waals surface area contributed by atoms with E-state index < -0.39 is 30.6 Å². The van der Waals surface area contributed by atoms with Gasteiger partial charge in [0, 0.05) is 13.2 Å². The van der Waals surface area contributed by atoms with Crippen molar-refractivity contribution in [3.8, 4) is 0 Å². The van der Waals surface area contributed by atoms with Gasteiger partial charge < -0.3 is 15.8 Å². The van der Waals surface area contributed by atoms with Gasteiger partial charge in [0.25, 0.3) is 0 Å². The second kappa shape index (κ2) is 5.92. The van der Waals surface area contributed by atoms with Gasteiger partial charge in [0.1, 0.15) is 6.04 Å². The molecule has 0 radical (unpaired) electrons. The van der Waals surface area contributed by atoms with Gasteiger partial charge in [0.05, 0.1) is 13.0 Å². The number of alkyl halides is 3. The van der Waals surface area contributed by atoms with Crippen molar-refractivity contribution in [2.24, 2.45) is 5.73 Å². The summed E-state index contributed by atoms with van der Waals surface area (Å²) in [5, 5.41) is 2.45. The fraction of sp³-hybridized carbons (Fsp3) is 0.875. The van der Waals surface area contributed by atoms with E-state index in [0.717, 1.165) is 0 Å². The van der Waals surface area contributed by atoms with E-state index in [0.29, 0.717) is 0 Å². The Bertz CT molecular complexity index is 209. The van der Waals surface area contributed by atoms with Crippen LogP contribution in [-0.4, -0.2) is 37.9 Å². The molecular formula is C8H15F3N2O2. The molecule has 1 amide bonds. The van der Waals surface area contributed by atoms with Gasteiger partial charge in [0.2, 0.25) is 5.91 Å². The van der Waals surface area contributed by atoms with E-state index in [1.54, 1.807) is 0 Å². The van der Waals surface area contributed by atoms with Crippen LogP contribution < -0.4 is 11.1 Å². The van der Waals surface area contributed by atoms with E-state index >= 15 is 0 Å². The monoisotopic (exact) mass is 228 g/mol. The Morgan fingerprint density at radius 2 is 2.07 bits per heavy atom. The fourth-order valence-corrected chi connectivity index (χ4v) is 1.13. The number of primary amides is 1. The van der Waals surface area contributed by atoms with E-state index in [-0.39, 0.29) is 6.61 Å². The zero-order valence-corrected chi connectivity index (χ0v) is 8.60. The Balaban J connectivity index is 4.11. The van der Waals surface area contributed by atoms with Gasteiger partial charge in [-0.2, -0.15) is 13.2 Å². The lowest BCUT2D eigenvalue weighted by Gasteiger charge is -2.21. The summed E-state index contributed by atoms with van der Waals surface area (Å²) in [5.74, 6) is -0.731. The summed E-state index contributed by atoms with van der Waals surface area (Å²) < 4.78 is 40.5. The maximum absolute atomic E-state index is 12.0. The van der Waals surface area contributed by atoms with Crippen molar-refractivity contribution in [3.63, 3.8) is 0 Å². The normalized spacial score (nSPS) is 16.1. The minimum atomic E-state index is -4.26. The van der Waals surface area contributed by atoms with Crippen LogP contribution in [0.5, 0.6) is 0 Å². The maximum atomic E-state index is 12.0. The number of rotatable bonds is 6. The minimum Gasteiger partial charge on any atom is -0.383 e. The Kier molecular flexibility index (Phi) is 5.59. The summed E-state index contributed by atoms with van der Waals surface area (Å²) in [5.41, 5.74) is 4.97. The molecule has 0 rings (SSSR count). The SMILES string of the molecule is COCC(NC(C)CC(F)(F)F)C(N)=O. The zero-order valence-electron chi connectivity index (χ0n) is 8.60. The lowest BCUT2D eigenvalue weighted by Crippen LogP contribution is -2.49. The van der Waals surface area contributed by atoms with Crippen molar-refractivity contribution in [2.45, 2.75) is 31.6 Å². The standard InChI is InChI=1S/C8H15F3N2O2/c1-5(3-8(9,10)11)13-6(4-15-2)7(12)14/h5-6,13H,3-4H2,1-2H3,(H2,12,14). The molecule has 0 fully saturated rings. The van der Waals surface area contributed by atoms with Crippen LogP contribution in [0.15, 0.2) is 0 Å². The molecule has 0 aromatic heterocycles. The van der Waals surface area contributed by atoms with Gasteiger partial charge >= 0.3 is 6.18 Å². The number of nitrogens with one attached hydrogen (secondary N) is 1. The Hall–Kier alpha value is -0.820. The Morgan fingerprint density at radius 3 is 2.40 bits per heavy atom. The Labute approximate surface area is 86.0 Å². The highest BCUT2D eigenvalue weighted by Crippen LogP contribution is 2.21. The summed E-state index contributed by atoms with van der Waals surface area (Å²) in [4.78, 5) is 10.8. The number of methoxy groups -OCH3 is 1. The third-order valence-electron chi connectivity index (χ3n) is 1.70. The van der Waals surface area contributed by atoms with Gasteiger partial charge in [-0.3, -0.25) is 4.79 Å². The summed E-state index contributed by atoms with van der Waals surface area (Å²) >= 11 is 0. The molecule has 0 bridgehead atoms. The van der Waals surface area contributed by atoms with Crippen LogP contribution in [0.3, 0.4) is 0 Å². The molecule has 0 aliphatic heterocycles. The van der Waals surface area contributed by atoms with Crippen LogP contribution in [0.1, 0.15) is 13.3 Å². The van der Waals surface area contributed by atoms with Crippen molar-refractivity contribution < 1.29 is 22.7 Å². The molecule has 90 valence electrons. The minimum absolute atomic E-state index is 0.0441. The first-order chi connectivity index (χ1) is 6.76. The first-order valence-corrected chi connectivity index (χ1v) is 4.37. The van der Waals surface area contributed by atoms with Gasteiger partial charge in [-0.05, 0) is 6.92 Å². The van der Waals surface area contributed by atoms with Crippen LogP contribution in [0.4, 0.5) is 13.2 Å². The molecule has 15 heavy (non-hydrogen) atoms. The molecule has 0 spiro atoms. The molecule has 0 aromatic carbocycles. The van der Waals surface area contributed by atoms with Crippen LogP contribution in [0.25, 0.3) is 0 Å². The molecule has 0 heterocycles. The number of carbonyl (C=O) groups is 1. The summed E-state index contributed by atoms with van der Waals surface area (Å²) in [6, 6.07) is -1.77. The highest BCUT2D eigenvalue weighted by Gasteiger charge is 2.31. The summed E-state index contributed by atoms with van der Waals surface area (Å²) in [6.45, 7) is 1.29. The third-order valence-corrected chi connectivity index (χ3v) is 1.70. The molecule has 0 aromatic rings.